The van der Waals surface area contributed by atoms with Gasteiger partial charge < -0.3 is 28.8 Å². The number of aryl methyl sites for hydroxylation is 1. The van der Waals surface area contributed by atoms with Gasteiger partial charge in [0.1, 0.15) is 23.5 Å². The SMILES string of the molecule is CC.COC(COP(NC(C)(C)C(=O)OCc1ccccc1C(F)(F)F)Oc1ccc(C)cc1)CC(C)n1ccc2c(N(C)NSC)nc(N)nc21. The van der Waals surface area contributed by atoms with E-state index in [0.29, 0.717) is 23.6 Å². The number of ether oxygens (including phenoxy) is 2. The maximum Gasteiger partial charge on any atom is 0.416 e. The maximum absolute atomic E-state index is 13.5. The number of hydrazine groups is 1. The summed E-state index contributed by atoms with van der Waals surface area (Å²) >= 11 is 1.42. The average Bonchev–Trinajstić information content (AvgIpc) is 3.53. The lowest BCUT2D eigenvalue weighted by atomic mass is 10.1. The van der Waals surface area contributed by atoms with Gasteiger partial charge in [0.05, 0.1) is 23.7 Å². The number of aromatic nitrogens is 3. The number of esters is 1. The molecule has 0 aliphatic rings. The van der Waals surface area contributed by atoms with Crippen LogP contribution >= 0.6 is 20.5 Å². The smallest absolute Gasteiger partial charge is 0.416 e. The molecule has 0 aliphatic carbocycles. The molecule has 2 aromatic heterocycles. The van der Waals surface area contributed by atoms with Crippen LogP contribution in [-0.2, 0) is 31.6 Å². The first-order valence-electron chi connectivity index (χ1n) is 16.6. The zero-order valence-electron chi connectivity index (χ0n) is 30.9. The topological polar surface area (TPSA) is 138 Å². The third kappa shape index (κ3) is 11.7. The van der Waals surface area contributed by atoms with E-state index in [4.69, 9.17) is 24.3 Å². The molecule has 0 spiro atoms. The number of carbonyl (C=O) groups is 1. The molecular weight excluding hydrogens is 718 g/mol. The molecule has 3 unspecified atom stereocenters. The summed E-state index contributed by atoms with van der Waals surface area (Å²) in [4.78, 5) is 25.2. The summed E-state index contributed by atoms with van der Waals surface area (Å²) in [6, 6.07) is 14.1. The number of alkyl halides is 3. The van der Waals surface area contributed by atoms with Crippen molar-refractivity contribution in [1.29, 1.82) is 0 Å². The molecule has 52 heavy (non-hydrogen) atoms. The van der Waals surface area contributed by atoms with Crippen molar-refractivity contribution in [2.45, 2.75) is 78.4 Å². The van der Waals surface area contributed by atoms with Gasteiger partial charge in [0, 0.05) is 32.0 Å². The number of nitrogens with two attached hydrogens (primary N) is 1. The first kappa shape index (κ1) is 42.8. The highest BCUT2D eigenvalue weighted by molar-refractivity contribution is 7.96. The molecule has 0 bridgehead atoms. The summed E-state index contributed by atoms with van der Waals surface area (Å²) in [6.07, 6.45) is -0.666. The zero-order chi connectivity index (χ0) is 38.6. The number of nitrogen functional groups attached to an aromatic ring is 1. The highest BCUT2D eigenvalue weighted by Crippen LogP contribution is 2.39. The lowest BCUT2D eigenvalue weighted by Gasteiger charge is -2.30. The molecule has 12 nitrogen and oxygen atoms in total. The number of hydrogen-bond donors (Lipinski definition) is 3. The number of nitrogens with one attached hydrogen (secondary N) is 2. The Balaban J connectivity index is 0.00000358. The molecule has 0 amide bonds. The van der Waals surface area contributed by atoms with Crippen LogP contribution in [0.25, 0.3) is 11.0 Å². The van der Waals surface area contributed by atoms with Gasteiger partial charge in [-0.25, -0.2) is 5.09 Å². The average molecular weight is 768 g/mol. The largest absolute Gasteiger partial charge is 0.459 e. The van der Waals surface area contributed by atoms with Gasteiger partial charge in [0.25, 0.3) is 0 Å². The quantitative estimate of drug-likeness (QED) is 0.0416. The van der Waals surface area contributed by atoms with Crippen molar-refractivity contribution in [3.63, 3.8) is 0 Å². The summed E-state index contributed by atoms with van der Waals surface area (Å²) in [5.41, 5.74) is 5.34. The molecule has 0 fully saturated rings. The summed E-state index contributed by atoms with van der Waals surface area (Å²) in [5.74, 6) is 0.480. The van der Waals surface area contributed by atoms with Crippen molar-refractivity contribution in [2.75, 3.05) is 37.8 Å². The summed E-state index contributed by atoms with van der Waals surface area (Å²) in [7, 11) is 1.44. The lowest BCUT2D eigenvalue weighted by Crippen LogP contribution is -2.46. The van der Waals surface area contributed by atoms with E-state index in [9.17, 15) is 18.0 Å². The van der Waals surface area contributed by atoms with Gasteiger partial charge >= 0.3 is 20.7 Å². The molecule has 2 heterocycles. The molecule has 3 atom stereocenters. The highest BCUT2D eigenvalue weighted by atomic mass is 32.2. The van der Waals surface area contributed by atoms with E-state index in [1.165, 1.54) is 30.1 Å². The van der Waals surface area contributed by atoms with Crippen LogP contribution in [0, 0.1) is 6.92 Å². The van der Waals surface area contributed by atoms with Crippen molar-refractivity contribution in [3.05, 3.63) is 77.5 Å². The Labute approximate surface area is 309 Å². The predicted octanol–water partition coefficient (Wildman–Crippen LogP) is 7.99. The van der Waals surface area contributed by atoms with Gasteiger partial charge in [0.2, 0.25) is 5.95 Å². The van der Waals surface area contributed by atoms with E-state index in [1.807, 2.05) is 70.0 Å². The summed E-state index contributed by atoms with van der Waals surface area (Å²) in [6.45, 7) is 10.6. The number of methoxy groups -OCH3 is 1. The Hall–Kier alpha value is -3.66. The third-order valence-corrected chi connectivity index (χ3v) is 9.64. The Morgan fingerprint density at radius 2 is 1.77 bits per heavy atom. The molecule has 2 aromatic carbocycles. The van der Waals surface area contributed by atoms with Crippen LogP contribution in [0.1, 0.15) is 63.8 Å². The Bertz CT molecular complexity index is 1730. The fraction of sp³-hybridized carbons (Fsp3) is 0.457. The van der Waals surface area contributed by atoms with Crippen LogP contribution < -0.4 is 25.2 Å². The number of nitrogens with zero attached hydrogens (tertiary/aromatic N) is 4. The van der Waals surface area contributed by atoms with E-state index in [1.54, 1.807) is 38.1 Å². The first-order chi connectivity index (χ1) is 24.6. The van der Waals surface area contributed by atoms with Gasteiger partial charge in [-0.15, -0.1) is 0 Å². The normalized spacial score (nSPS) is 13.5. The van der Waals surface area contributed by atoms with Crippen molar-refractivity contribution in [3.8, 4) is 5.75 Å². The molecule has 286 valence electrons. The summed E-state index contributed by atoms with van der Waals surface area (Å²) < 4.78 is 66.0. The molecule has 4 aromatic rings. The number of rotatable bonds is 17. The van der Waals surface area contributed by atoms with Crippen molar-refractivity contribution in [1.82, 2.24) is 24.5 Å². The number of anilines is 2. The number of carbonyl (C=O) groups excluding carboxylic acids is 1. The van der Waals surface area contributed by atoms with E-state index in [2.05, 4.69) is 19.9 Å². The van der Waals surface area contributed by atoms with E-state index < -0.39 is 44.5 Å². The fourth-order valence-electron chi connectivity index (χ4n) is 5.00. The van der Waals surface area contributed by atoms with Crippen molar-refractivity contribution >= 4 is 49.2 Å². The van der Waals surface area contributed by atoms with Crippen LogP contribution in [0.15, 0.2) is 60.8 Å². The van der Waals surface area contributed by atoms with E-state index in [-0.39, 0.29) is 24.2 Å². The van der Waals surface area contributed by atoms with E-state index >= 15 is 0 Å². The molecule has 17 heteroatoms. The highest BCUT2D eigenvalue weighted by Gasteiger charge is 2.37. The zero-order valence-corrected chi connectivity index (χ0v) is 32.7. The predicted molar refractivity (Wildman–Crippen MR) is 202 cm³/mol. The number of hydrogen-bond acceptors (Lipinski definition) is 12. The second-order valence-electron chi connectivity index (χ2n) is 12.1. The standard InChI is InChI=1S/C33H43F3N7O5PS.C2H6/c1-21-12-14-24(15-13-21)48-49(40-32(3,4)30(44)46-19-23-10-8-9-11-27(23)33(34,35)36)47-20-25(45-6)18-22(2)43-17-16-26-28(42(5)41-50-7)38-31(37)39-29(26)43;1-2/h8-17,22,25,40-41H,18-20H2,1-7H3,(H2,37,38,39);1-2H3. The minimum absolute atomic E-state index is 0.0808. The summed E-state index contributed by atoms with van der Waals surface area (Å²) in [5, 5.41) is 5.66. The molecule has 0 saturated heterocycles. The van der Waals surface area contributed by atoms with Crippen molar-refractivity contribution in [2.24, 2.45) is 0 Å². The van der Waals surface area contributed by atoms with Gasteiger partial charge in [-0.3, -0.25) is 9.80 Å². The maximum atomic E-state index is 13.5. The van der Waals surface area contributed by atoms with Crippen LogP contribution in [0.3, 0.4) is 0 Å². The molecule has 0 aliphatic heterocycles. The Kier molecular flexibility index (Phi) is 16.0. The van der Waals surface area contributed by atoms with Crippen LogP contribution in [-0.4, -0.2) is 59.2 Å². The number of benzene rings is 2. The lowest BCUT2D eigenvalue weighted by molar-refractivity contribution is -0.152. The number of fused-ring (bicyclic) bond motifs is 1. The molecule has 4 N–H and O–H groups in total. The third-order valence-electron chi connectivity index (χ3n) is 7.68. The molecular formula is C35H49F3N7O5PS. The fourth-order valence-corrected chi connectivity index (χ4v) is 6.68. The molecule has 0 radical (unpaired) electrons. The van der Waals surface area contributed by atoms with Gasteiger partial charge in [0.15, 0.2) is 5.82 Å². The monoisotopic (exact) mass is 767 g/mol. The Morgan fingerprint density at radius 3 is 2.40 bits per heavy atom. The van der Waals surface area contributed by atoms with Crippen LogP contribution in [0.5, 0.6) is 5.75 Å². The van der Waals surface area contributed by atoms with Crippen LogP contribution in [0.2, 0.25) is 0 Å². The van der Waals surface area contributed by atoms with Gasteiger partial charge in [-0.1, -0.05) is 61.7 Å². The minimum atomic E-state index is -4.59. The minimum Gasteiger partial charge on any atom is -0.459 e. The Morgan fingerprint density at radius 1 is 1.10 bits per heavy atom. The first-order valence-corrected chi connectivity index (χ1v) is 19.0. The molecule has 0 saturated carbocycles. The van der Waals surface area contributed by atoms with Gasteiger partial charge in [-0.2, -0.15) is 28.0 Å². The van der Waals surface area contributed by atoms with Crippen molar-refractivity contribution < 1.29 is 36.5 Å². The van der Waals surface area contributed by atoms with Crippen LogP contribution in [0.4, 0.5) is 24.9 Å². The molecule has 4 rings (SSSR count). The number of halogens is 3. The van der Waals surface area contributed by atoms with E-state index in [0.717, 1.165) is 17.0 Å². The second kappa shape index (κ2) is 19.4. The second-order valence-corrected chi connectivity index (χ2v) is 13.9. The van der Waals surface area contributed by atoms with Gasteiger partial charge in [-0.05, 0) is 64.6 Å².